The average molecular weight is 240 g/mol. The molecule has 0 spiro atoms. The van der Waals surface area contributed by atoms with Crippen molar-refractivity contribution in [2.45, 2.75) is 18.9 Å². The molecule has 1 N–H and O–H groups in total. The maximum atomic E-state index is 11.3. The lowest BCUT2D eigenvalue weighted by Gasteiger charge is -2.30. The molecule has 0 bridgehead atoms. The van der Waals surface area contributed by atoms with Gasteiger partial charge in [0.25, 0.3) is 0 Å². The lowest BCUT2D eigenvalue weighted by atomic mass is 10.1. The number of halogens is 1. The molecule has 1 aromatic rings. The second-order valence-electron chi connectivity index (χ2n) is 4.00. The Balaban J connectivity index is 1.98. The van der Waals surface area contributed by atoms with Crippen LogP contribution in [0.1, 0.15) is 12.8 Å². The van der Waals surface area contributed by atoms with Gasteiger partial charge in [-0.15, -0.1) is 0 Å². The van der Waals surface area contributed by atoms with Crippen molar-refractivity contribution in [3.05, 3.63) is 23.4 Å². The highest BCUT2D eigenvalue weighted by molar-refractivity contribution is 6.29. The quantitative estimate of drug-likeness (QED) is 0.800. The zero-order valence-corrected chi connectivity index (χ0v) is 9.87. The highest BCUT2D eigenvalue weighted by Gasteiger charge is 2.22. The third-order valence-electron chi connectivity index (χ3n) is 2.69. The predicted octanol–water partition coefficient (Wildman–Crippen LogP) is 1.77. The Bertz CT molecular complexity index is 397. The summed E-state index contributed by atoms with van der Waals surface area (Å²) in [6.07, 6.45) is 1.44. The number of hydrogen-bond donors (Lipinski definition) is 1. The maximum Gasteiger partial charge on any atom is 0.222 e. The molecular weight excluding hydrogens is 226 g/mol. The van der Waals surface area contributed by atoms with Crippen molar-refractivity contribution in [1.82, 2.24) is 9.88 Å². The van der Waals surface area contributed by atoms with Gasteiger partial charge in [-0.2, -0.15) is 0 Å². The zero-order chi connectivity index (χ0) is 11.5. The predicted molar refractivity (Wildman–Crippen MR) is 63.5 cm³/mol. The molecule has 86 valence electrons. The van der Waals surface area contributed by atoms with Crippen molar-refractivity contribution in [2.24, 2.45) is 0 Å². The number of nitrogens with one attached hydrogen (secondary N) is 1. The monoisotopic (exact) mass is 239 g/mol. The minimum Gasteiger partial charge on any atom is -0.365 e. The highest BCUT2D eigenvalue weighted by Crippen LogP contribution is 2.16. The van der Waals surface area contributed by atoms with Crippen LogP contribution >= 0.6 is 11.6 Å². The molecule has 1 atom stereocenters. The molecule has 1 amide bonds. The smallest absolute Gasteiger partial charge is 0.222 e. The fourth-order valence-electron chi connectivity index (χ4n) is 1.83. The first-order valence-corrected chi connectivity index (χ1v) is 5.66. The molecule has 5 heteroatoms. The second-order valence-corrected chi connectivity index (χ2v) is 4.39. The van der Waals surface area contributed by atoms with Crippen LogP contribution in [0.15, 0.2) is 18.2 Å². The number of hydrogen-bond acceptors (Lipinski definition) is 3. The lowest BCUT2D eigenvalue weighted by molar-refractivity contribution is -0.132. The number of likely N-dealkylation sites (N-methyl/N-ethyl adjacent to an activating group) is 1. The Hall–Kier alpha value is -1.29. The molecule has 1 unspecified atom stereocenters. The summed E-state index contributed by atoms with van der Waals surface area (Å²) in [5.74, 6) is 0.970. The Kier molecular flexibility index (Phi) is 3.29. The molecule has 1 aliphatic heterocycles. The second kappa shape index (κ2) is 4.70. The molecule has 2 rings (SSSR count). The molecule has 1 fully saturated rings. The Morgan fingerprint density at radius 3 is 3.06 bits per heavy atom. The van der Waals surface area contributed by atoms with Crippen LogP contribution in [0.25, 0.3) is 0 Å². The number of carbonyl (C=O) groups is 1. The van der Waals surface area contributed by atoms with E-state index in [-0.39, 0.29) is 11.9 Å². The van der Waals surface area contributed by atoms with Gasteiger partial charge in [-0.25, -0.2) is 4.98 Å². The third-order valence-corrected chi connectivity index (χ3v) is 2.90. The molecule has 16 heavy (non-hydrogen) atoms. The van der Waals surface area contributed by atoms with Crippen molar-refractivity contribution in [1.29, 1.82) is 0 Å². The summed E-state index contributed by atoms with van der Waals surface area (Å²) in [6, 6.07) is 5.73. The molecule has 0 saturated carbocycles. The highest BCUT2D eigenvalue weighted by atomic mass is 35.5. The van der Waals surface area contributed by atoms with E-state index in [4.69, 9.17) is 11.6 Å². The lowest BCUT2D eigenvalue weighted by Crippen LogP contribution is -2.43. The van der Waals surface area contributed by atoms with Gasteiger partial charge in [0.15, 0.2) is 0 Å². The van der Waals surface area contributed by atoms with Gasteiger partial charge in [-0.3, -0.25) is 4.79 Å². The fraction of sp³-hybridized carbons (Fsp3) is 0.455. The largest absolute Gasteiger partial charge is 0.365 e. The van der Waals surface area contributed by atoms with Crippen molar-refractivity contribution < 1.29 is 4.79 Å². The first-order valence-electron chi connectivity index (χ1n) is 5.28. The number of piperidine rings is 1. The van der Waals surface area contributed by atoms with Crippen molar-refractivity contribution in [2.75, 3.05) is 18.9 Å². The minimum absolute atomic E-state index is 0.206. The van der Waals surface area contributed by atoms with Gasteiger partial charge in [0.1, 0.15) is 11.0 Å². The van der Waals surface area contributed by atoms with Gasteiger partial charge >= 0.3 is 0 Å². The van der Waals surface area contributed by atoms with E-state index in [1.54, 1.807) is 11.0 Å². The van der Waals surface area contributed by atoms with Crippen LogP contribution in [0.5, 0.6) is 0 Å². The van der Waals surface area contributed by atoms with E-state index in [0.29, 0.717) is 18.1 Å². The van der Waals surface area contributed by atoms with E-state index < -0.39 is 0 Å². The van der Waals surface area contributed by atoms with Crippen molar-refractivity contribution in [3.63, 3.8) is 0 Å². The van der Waals surface area contributed by atoms with Crippen LogP contribution < -0.4 is 5.32 Å². The molecule has 1 aliphatic rings. The van der Waals surface area contributed by atoms with E-state index in [1.807, 2.05) is 19.2 Å². The fourth-order valence-corrected chi connectivity index (χ4v) is 1.99. The summed E-state index contributed by atoms with van der Waals surface area (Å²) in [6.45, 7) is 0.715. The number of pyridine rings is 1. The number of nitrogens with zero attached hydrogens (tertiary/aromatic N) is 2. The van der Waals surface area contributed by atoms with Crippen LogP contribution in [0, 0.1) is 0 Å². The van der Waals surface area contributed by atoms with Crippen LogP contribution in [-0.4, -0.2) is 35.4 Å². The number of rotatable bonds is 2. The van der Waals surface area contributed by atoms with E-state index in [0.717, 1.165) is 12.2 Å². The Labute approximate surface area is 99.6 Å². The van der Waals surface area contributed by atoms with E-state index in [2.05, 4.69) is 10.3 Å². The van der Waals surface area contributed by atoms with Gasteiger partial charge in [-0.1, -0.05) is 17.7 Å². The molecular formula is C11H14ClN3O. The number of carbonyl (C=O) groups excluding carboxylic acids is 1. The van der Waals surface area contributed by atoms with E-state index in [9.17, 15) is 4.79 Å². The maximum absolute atomic E-state index is 11.3. The van der Waals surface area contributed by atoms with Gasteiger partial charge in [-0.05, 0) is 18.6 Å². The standard InChI is InChI=1S/C11H14ClN3O/c1-15-7-8(5-6-11(15)16)13-10-4-2-3-9(12)14-10/h2-4,8H,5-7H2,1H3,(H,13,14). The van der Waals surface area contributed by atoms with Gasteiger partial charge < -0.3 is 10.2 Å². The molecule has 0 aromatic carbocycles. The summed E-state index contributed by atoms with van der Waals surface area (Å²) >= 11 is 5.80. The molecule has 1 saturated heterocycles. The first kappa shape index (κ1) is 11.2. The summed E-state index contributed by atoms with van der Waals surface area (Å²) in [4.78, 5) is 17.2. The van der Waals surface area contributed by atoms with Gasteiger partial charge in [0.05, 0.1) is 0 Å². The van der Waals surface area contributed by atoms with Gasteiger partial charge in [0.2, 0.25) is 5.91 Å². The van der Waals surface area contributed by atoms with Crippen molar-refractivity contribution in [3.8, 4) is 0 Å². The summed E-state index contributed by atoms with van der Waals surface area (Å²) in [7, 11) is 1.82. The Morgan fingerprint density at radius 2 is 2.38 bits per heavy atom. The molecule has 4 nitrogen and oxygen atoms in total. The Morgan fingerprint density at radius 1 is 1.56 bits per heavy atom. The van der Waals surface area contributed by atoms with Crippen LogP contribution in [-0.2, 0) is 4.79 Å². The van der Waals surface area contributed by atoms with E-state index >= 15 is 0 Å². The summed E-state index contributed by atoms with van der Waals surface area (Å²) < 4.78 is 0. The summed E-state index contributed by atoms with van der Waals surface area (Å²) in [5.41, 5.74) is 0. The normalized spacial score (nSPS) is 21.0. The third kappa shape index (κ3) is 2.64. The van der Waals surface area contributed by atoms with Crippen LogP contribution in [0.3, 0.4) is 0 Å². The number of aromatic nitrogens is 1. The molecule has 0 radical (unpaired) electrons. The van der Waals surface area contributed by atoms with E-state index in [1.165, 1.54) is 0 Å². The SMILES string of the molecule is CN1CC(Nc2cccc(Cl)n2)CCC1=O. The van der Waals surface area contributed by atoms with Crippen LogP contribution in [0.2, 0.25) is 5.15 Å². The summed E-state index contributed by atoms with van der Waals surface area (Å²) in [5, 5.41) is 3.76. The van der Waals surface area contributed by atoms with Crippen LogP contribution in [0.4, 0.5) is 5.82 Å². The average Bonchev–Trinajstić information content (AvgIpc) is 2.24. The molecule has 1 aromatic heterocycles. The molecule has 0 aliphatic carbocycles. The number of amides is 1. The van der Waals surface area contributed by atoms with Gasteiger partial charge in [0, 0.05) is 26.1 Å². The number of anilines is 1. The van der Waals surface area contributed by atoms with Crippen molar-refractivity contribution >= 4 is 23.3 Å². The minimum atomic E-state index is 0.206. The zero-order valence-electron chi connectivity index (χ0n) is 9.11. The molecule has 2 heterocycles. The topological polar surface area (TPSA) is 45.2 Å². The number of likely N-dealkylation sites (tertiary alicyclic amines) is 1. The first-order chi connectivity index (χ1) is 7.65.